The molecule has 0 spiro atoms. The number of aryl methyl sites for hydroxylation is 1. The Morgan fingerprint density at radius 3 is 2.64 bits per heavy atom. The normalized spacial score (nSPS) is 19.7. The smallest absolute Gasteiger partial charge is 0.249 e. The maximum atomic E-state index is 12.7. The Balaban J connectivity index is 2.16. The number of amides is 1. The van der Waals surface area contributed by atoms with Crippen molar-refractivity contribution in [3.63, 3.8) is 0 Å². The number of aliphatic imine (C=N–C) groups is 1. The average molecular weight is 380 g/mol. The Bertz CT molecular complexity index is 843. The standard InChI is InChI=1S/C24H33N3O/c1-7-19(14-26-23-13-20(15(2)3)9-8-16(23)4)24(28)27-18(6)21-10-11-22(25)17(5)12-21/h8-16,18H,7,25H2,1-6H3,(H,27,28)/b19-14+,26-23-/t16?,18-/m1/s1. The fourth-order valence-corrected chi connectivity index (χ4v) is 3.02. The van der Waals surface area contributed by atoms with E-state index in [0.717, 1.165) is 22.5 Å². The van der Waals surface area contributed by atoms with Crippen LogP contribution in [0.15, 0.2) is 58.8 Å². The molecule has 4 heteroatoms. The molecule has 150 valence electrons. The molecule has 0 aliphatic heterocycles. The van der Waals surface area contributed by atoms with Gasteiger partial charge in [0.1, 0.15) is 0 Å². The van der Waals surface area contributed by atoms with Crippen molar-refractivity contribution in [2.24, 2.45) is 16.8 Å². The van der Waals surface area contributed by atoms with Crippen molar-refractivity contribution in [3.05, 3.63) is 64.9 Å². The van der Waals surface area contributed by atoms with Gasteiger partial charge in [-0.15, -0.1) is 0 Å². The molecule has 0 radical (unpaired) electrons. The van der Waals surface area contributed by atoms with Gasteiger partial charge in [-0.1, -0.05) is 52.0 Å². The summed E-state index contributed by atoms with van der Waals surface area (Å²) in [6.07, 6.45) is 8.81. The summed E-state index contributed by atoms with van der Waals surface area (Å²) in [4.78, 5) is 17.4. The number of nitrogens with one attached hydrogen (secondary N) is 1. The van der Waals surface area contributed by atoms with E-state index in [9.17, 15) is 4.79 Å². The SMILES string of the molecule is CC/C(=C\N=C1\C=C(C(C)C)C=CC1C)C(=O)N[C@H](C)c1ccc(N)c(C)c1. The molecule has 1 amide bonds. The molecular weight excluding hydrogens is 346 g/mol. The first-order chi connectivity index (χ1) is 13.2. The molecule has 28 heavy (non-hydrogen) atoms. The molecule has 0 saturated heterocycles. The zero-order chi connectivity index (χ0) is 20.8. The lowest BCUT2D eigenvalue weighted by Gasteiger charge is -2.17. The van der Waals surface area contributed by atoms with Crippen molar-refractivity contribution < 1.29 is 4.79 Å². The van der Waals surface area contributed by atoms with Crippen LogP contribution in [0.3, 0.4) is 0 Å². The quantitative estimate of drug-likeness (QED) is 0.522. The van der Waals surface area contributed by atoms with Crippen LogP contribution in [-0.2, 0) is 4.79 Å². The van der Waals surface area contributed by atoms with E-state index in [1.807, 2.05) is 39.0 Å². The predicted molar refractivity (Wildman–Crippen MR) is 119 cm³/mol. The van der Waals surface area contributed by atoms with Crippen LogP contribution < -0.4 is 11.1 Å². The van der Waals surface area contributed by atoms with Crippen LogP contribution in [0.25, 0.3) is 0 Å². The lowest BCUT2D eigenvalue weighted by Crippen LogP contribution is -2.28. The number of allylic oxidation sites excluding steroid dienone is 4. The number of nitrogens with zero attached hydrogens (tertiary/aromatic N) is 1. The largest absolute Gasteiger partial charge is 0.399 e. The van der Waals surface area contributed by atoms with E-state index in [2.05, 4.69) is 49.3 Å². The maximum absolute atomic E-state index is 12.7. The third kappa shape index (κ3) is 5.44. The number of anilines is 1. The molecule has 1 aromatic carbocycles. The van der Waals surface area contributed by atoms with Gasteiger partial charge >= 0.3 is 0 Å². The summed E-state index contributed by atoms with van der Waals surface area (Å²) in [6.45, 7) is 12.4. The van der Waals surface area contributed by atoms with Crippen molar-refractivity contribution >= 4 is 17.3 Å². The fourth-order valence-electron chi connectivity index (χ4n) is 3.02. The van der Waals surface area contributed by atoms with Crippen LogP contribution in [0.5, 0.6) is 0 Å². The topological polar surface area (TPSA) is 67.5 Å². The van der Waals surface area contributed by atoms with Gasteiger partial charge in [-0.25, -0.2) is 0 Å². The molecule has 1 aliphatic carbocycles. The van der Waals surface area contributed by atoms with Crippen molar-refractivity contribution in [3.8, 4) is 0 Å². The molecule has 2 rings (SSSR count). The molecule has 2 atom stereocenters. The summed E-state index contributed by atoms with van der Waals surface area (Å²) in [6, 6.07) is 5.76. The second-order valence-electron chi connectivity index (χ2n) is 7.82. The van der Waals surface area contributed by atoms with Gasteiger partial charge in [-0.05, 0) is 55.0 Å². The van der Waals surface area contributed by atoms with Crippen molar-refractivity contribution in [1.29, 1.82) is 0 Å². The highest BCUT2D eigenvalue weighted by atomic mass is 16.1. The first-order valence-electron chi connectivity index (χ1n) is 10.1. The molecule has 3 N–H and O–H groups in total. The van der Waals surface area contributed by atoms with E-state index in [0.29, 0.717) is 17.9 Å². The van der Waals surface area contributed by atoms with Gasteiger partial charge in [0.2, 0.25) is 5.91 Å². The van der Waals surface area contributed by atoms with Gasteiger partial charge in [0.05, 0.1) is 6.04 Å². The van der Waals surface area contributed by atoms with Crippen molar-refractivity contribution in [2.75, 3.05) is 5.73 Å². The summed E-state index contributed by atoms with van der Waals surface area (Å²) in [5.41, 5.74) is 11.6. The molecule has 4 nitrogen and oxygen atoms in total. The number of hydrogen-bond donors (Lipinski definition) is 2. The van der Waals surface area contributed by atoms with Crippen LogP contribution in [0.1, 0.15) is 58.2 Å². The van der Waals surface area contributed by atoms with E-state index in [-0.39, 0.29) is 17.9 Å². The third-order valence-corrected chi connectivity index (χ3v) is 5.21. The minimum atomic E-state index is -0.0987. The number of rotatable bonds is 6. The monoisotopic (exact) mass is 379 g/mol. The van der Waals surface area contributed by atoms with Crippen molar-refractivity contribution in [1.82, 2.24) is 5.32 Å². The lowest BCUT2D eigenvalue weighted by molar-refractivity contribution is -0.118. The summed E-state index contributed by atoms with van der Waals surface area (Å²) >= 11 is 0. The summed E-state index contributed by atoms with van der Waals surface area (Å²) in [5.74, 6) is 0.619. The molecule has 1 unspecified atom stereocenters. The van der Waals surface area contributed by atoms with Crippen LogP contribution >= 0.6 is 0 Å². The second kappa shape index (κ2) is 9.54. The summed E-state index contributed by atoms with van der Waals surface area (Å²) in [7, 11) is 0. The Hall–Kier alpha value is -2.62. The number of carbonyl (C=O) groups is 1. The average Bonchev–Trinajstić information content (AvgIpc) is 2.65. The summed E-state index contributed by atoms with van der Waals surface area (Å²) in [5, 5.41) is 3.07. The molecule has 1 aromatic rings. The number of nitrogen functional groups attached to an aromatic ring is 1. The Morgan fingerprint density at radius 2 is 2.04 bits per heavy atom. The number of benzene rings is 1. The van der Waals surface area contributed by atoms with Crippen LogP contribution in [-0.4, -0.2) is 11.6 Å². The van der Waals surface area contributed by atoms with Crippen LogP contribution in [0.2, 0.25) is 0 Å². The Kier molecular flexibility index (Phi) is 7.38. The van der Waals surface area contributed by atoms with E-state index < -0.39 is 0 Å². The summed E-state index contributed by atoms with van der Waals surface area (Å²) < 4.78 is 0. The highest BCUT2D eigenvalue weighted by Crippen LogP contribution is 2.21. The highest BCUT2D eigenvalue weighted by molar-refractivity contribution is 6.01. The first kappa shape index (κ1) is 21.7. The zero-order valence-electron chi connectivity index (χ0n) is 17.9. The van der Waals surface area contributed by atoms with E-state index >= 15 is 0 Å². The van der Waals surface area contributed by atoms with Gasteiger partial charge in [0.15, 0.2) is 0 Å². The highest BCUT2D eigenvalue weighted by Gasteiger charge is 2.15. The van der Waals surface area contributed by atoms with Gasteiger partial charge in [-0.3, -0.25) is 9.79 Å². The minimum Gasteiger partial charge on any atom is -0.399 e. The molecule has 0 bridgehead atoms. The number of hydrogen-bond acceptors (Lipinski definition) is 3. The molecule has 0 fully saturated rings. The maximum Gasteiger partial charge on any atom is 0.249 e. The zero-order valence-corrected chi connectivity index (χ0v) is 17.9. The van der Waals surface area contributed by atoms with E-state index in [1.165, 1.54) is 5.57 Å². The Labute approximate surface area is 169 Å². The van der Waals surface area contributed by atoms with Crippen LogP contribution in [0.4, 0.5) is 5.69 Å². The molecule has 0 aromatic heterocycles. The van der Waals surface area contributed by atoms with Gasteiger partial charge < -0.3 is 11.1 Å². The van der Waals surface area contributed by atoms with E-state index in [1.54, 1.807) is 6.20 Å². The van der Waals surface area contributed by atoms with Gasteiger partial charge in [0, 0.05) is 29.1 Å². The molecule has 1 aliphatic rings. The van der Waals surface area contributed by atoms with Gasteiger partial charge in [-0.2, -0.15) is 0 Å². The van der Waals surface area contributed by atoms with E-state index in [4.69, 9.17) is 5.73 Å². The third-order valence-electron chi connectivity index (χ3n) is 5.21. The minimum absolute atomic E-state index is 0.0825. The molecular formula is C24H33N3O. The van der Waals surface area contributed by atoms with Crippen molar-refractivity contribution in [2.45, 2.75) is 54.0 Å². The number of carbonyl (C=O) groups excluding carboxylic acids is 1. The van der Waals surface area contributed by atoms with Gasteiger partial charge in [0.25, 0.3) is 0 Å². The second-order valence-corrected chi connectivity index (χ2v) is 7.82. The molecule has 0 heterocycles. The predicted octanol–water partition coefficient (Wildman–Crippen LogP) is 5.28. The molecule has 0 saturated carbocycles. The Morgan fingerprint density at radius 1 is 1.32 bits per heavy atom. The lowest BCUT2D eigenvalue weighted by atomic mass is 9.91. The van der Waals surface area contributed by atoms with Crippen LogP contribution in [0, 0.1) is 18.8 Å². The number of nitrogens with two attached hydrogens (primary N) is 1. The fraction of sp³-hybridized carbons (Fsp3) is 0.417. The first-order valence-corrected chi connectivity index (χ1v) is 10.1.